The van der Waals surface area contributed by atoms with Gasteiger partial charge in [-0.15, -0.1) is 0 Å². The first-order valence-corrected chi connectivity index (χ1v) is 5.68. The van der Waals surface area contributed by atoms with Crippen molar-refractivity contribution in [3.8, 4) is 0 Å². The first-order chi connectivity index (χ1) is 6.06. The molecule has 5 nitrogen and oxygen atoms in total. The average molecular weight is 209 g/mol. The molecule has 0 fully saturated rings. The van der Waals surface area contributed by atoms with Crippen LogP contribution in [0.5, 0.6) is 0 Å². The van der Waals surface area contributed by atoms with E-state index in [1.807, 2.05) is 0 Å². The predicted molar refractivity (Wildman–Crippen MR) is 50.9 cm³/mol. The fraction of sp³-hybridized carbons (Fsp3) is 0.857. The second kappa shape index (κ2) is 6.99. The van der Waals surface area contributed by atoms with Gasteiger partial charge in [0.1, 0.15) is 0 Å². The van der Waals surface area contributed by atoms with Gasteiger partial charge in [0.05, 0.1) is 25.5 Å². The molecule has 0 amide bonds. The van der Waals surface area contributed by atoms with Crippen molar-refractivity contribution in [1.29, 1.82) is 0 Å². The standard InChI is InChI=1S/C4H7NO.C3H8O3S/c1-3-6-4-2-5-1;1-2-3-7(4,5)6/h1H,2-4H2;2-3H2,1H3,(H,4,5,6). The van der Waals surface area contributed by atoms with Gasteiger partial charge < -0.3 is 4.74 Å². The third-order valence-electron chi connectivity index (χ3n) is 1.15. The van der Waals surface area contributed by atoms with Crippen LogP contribution < -0.4 is 0 Å². The van der Waals surface area contributed by atoms with E-state index in [0.717, 1.165) is 13.2 Å². The van der Waals surface area contributed by atoms with Crippen LogP contribution >= 0.6 is 0 Å². The molecule has 78 valence electrons. The van der Waals surface area contributed by atoms with Crippen LogP contribution in [0.15, 0.2) is 4.99 Å². The van der Waals surface area contributed by atoms with Gasteiger partial charge in [-0.25, -0.2) is 0 Å². The number of hydrogen-bond acceptors (Lipinski definition) is 4. The maximum absolute atomic E-state index is 9.79. The number of aliphatic imine (C=N–C) groups is 1. The Kier molecular flexibility index (Phi) is 6.75. The van der Waals surface area contributed by atoms with E-state index in [4.69, 9.17) is 9.29 Å². The summed E-state index contributed by atoms with van der Waals surface area (Å²) < 4.78 is 32.5. The van der Waals surface area contributed by atoms with Crippen LogP contribution in [-0.2, 0) is 14.9 Å². The normalized spacial score (nSPS) is 16.2. The Morgan fingerprint density at radius 2 is 2.31 bits per heavy atom. The number of nitrogens with zero attached hydrogens (tertiary/aromatic N) is 1. The van der Waals surface area contributed by atoms with Gasteiger partial charge in [0, 0.05) is 6.21 Å². The molecule has 0 saturated heterocycles. The molecule has 1 rings (SSSR count). The van der Waals surface area contributed by atoms with E-state index in [2.05, 4.69) is 4.99 Å². The monoisotopic (exact) mass is 209 g/mol. The fourth-order valence-electron chi connectivity index (χ4n) is 0.655. The predicted octanol–water partition coefficient (Wildman–Crippen LogP) is 0.372. The second-order valence-corrected chi connectivity index (χ2v) is 4.02. The lowest BCUT2D eigenvalue weighted by molar-refractivity contribution is 0.174. The highest BCUT2D eigenvalue weighted by Gasteiger charge is 1.98. The van der Waals surface area contributed by atoms with Crippen LogP contribution in [0.3, 0.4) is 0 Å². The molecule has 0 aromatic heterocycles. The molecule has 0 radical (unpaired) electrons. The minimum Gasteiger partial charge on any atom is -0.374 e. The summed E-state index contributed by atoms with van der Waals surface area (Å²) in [5.74, 6) is -0.132. The summed E-state index contributed by atoms with van der Waals surface area (Å²) in [5.41, 5.74) is 0. The lowest BCUT2D eigenvalue weighted by atomic mass is 10.6. The van der Waals surface area contributed by atoms with Crippen molar-refractivity contribution in [3.63, 3.8) is 0 Å². The van der Waals surface area contributed by atoms with Gasteiger partial charge in [-0.1, -0.05) is 6.92 Å². The highest BCUT2D eigenvalue weighted by atomic mass is 32.2. The van der Waals surface area contributed by atoms with Gasteiger partial charge in [-0.05, 0) is 6.42 Å². The van der Waals surface area contributed by atoms with Gasteiger partial charge in [-0.2, -0.15) is 8.42 Å². The van der Waals surface area contributed by atoms with Gasteiger partial charge in [-0.3, -0.25) is 9.55 Å². The number of hydrogen-bond donors (Lipinski definition) is 1. The Balaban J connectivity index is 0.000000223. The maximum Gasteiger partial charge on any atom is 0.264 e. The molecular formula is C7H15NO4S. The Morgan fingerprint density at radius 1 is 1.62 bits per heavy atom. The summed E-state index contributed by atoms with van der Waals surface area (Å²) >= 11 is 0. The van der Waals surface area contributed by atoms with Crippen molar-refractivity contribution < 1.29 is 17.7 Å². The van der Waals surface area contributed by atoms with Crippen LogP contribution in [0.4, 0.5) is 0 Å². The van der Waals surface area contributed by atoms with Crippen molar-refractivity contribution in [1.82, 2.24) is 0 Å². The Morgan fingerprint density at radius 3 is 2.38 bits per heavy atom. The molecule has 13 heavy (non-hydrogen) atoms. The zero-order valence-electron chi connectivity index (χ0n) is 7.64. The summed E-state index contributed by atoms with van der Waals surface area (Å²) in [5, 5.41) is 0. The van der Waals surface area contributed by atoms with Crippen LogP contribution in [0.25, 0.3) is 0 Å². The van der Waals surface area contributed by atoms with E-state index in [0.29, 0.717) is 13.0 Å². The van der Waals surface area contributed by atoms with Crippen LogP contribution in [0.1, 0.15) is 13.3 Å². The van der Waals surface area contributed by atoms with Gasteiger partial charge >= 0.3 is 0 Å². The summed E-state index contributed by atoms with van der Waals surface area (Å²) in [7, 11) is -3.67. The smallest absolute Gasteiger partial charge is 0.264 e. The zero-order valence-corrected chi connectivity index (χ0v) is 8.46. The van der Waals surface area contributed by atoms with E-state index in [-0.39, 0.29) is 5.75 Å². The quantitative estimate of drug-likeness (QED) is 0.667. The average Bonchev–Trinajstić information content (AvgIpc) is 2.06. The second-order valence-electron chi connectivity index (χ2n) is 2.45. The summed E-state index contributed by atoms with van der Waals surface area (Å²) in [6.45, 7) is 4.05. The Hall–Kier alpha value is -0.460. The number of ether oxygens (including phenoxy) is 1. The number of rotatable bonds is 2. The van der Waals surface area contributed by atoms with E-state index in [1.165, 1.54) is 0 Å². The molecule has 0 unspecified atom stereocenters. The molecule has 0 aromatic carbocycles. The molecule has 0 saturated carbocycles. The Labute approximate surface area is 78.6 Å². The van der Waals surface area contributed by atoms with Gasteiger partial charge in [0.2, 0.25) is 0 Å². The lowest BCUT2D eigenvalue weighted by Gasteiger charge is -2.00. The zero-order chi connectivity index (χ0) is 10.2. The van der Waals surface area contributed by atoms with Gasteiger partial charge in [0.25, 0.3) is 10.1 Å². The minimum atomic E-state index is -3.67. The van der Waals surface area contributed by atoms with Crippen molar-refractivity contribution in [3.05, 3.63) is 0 Å². The maximum atomic E-state index is 9.79. The molecule has 0 bridgehead atoms. The van der Waals surface area contributed by atoms with Crippen molar-refractivity contribution >= 4 is 16.3 Å². The Bertz CT molecular complexity index is 227. The summed E-state index contributed by atoms with van der Waals surface area (Å²) in [6.07, 6.45) is 2.27. The topological polar surface area (TPSA) is 76.0 Å². The summed E-state index contributed by atoms with van der Waals surface area (Å²) in [4.78, 5) is 3.93. The largest absolute Gasteiger partial charge is 0.374 e. The minimum absolute atomic E-state index is 0.132. The molecule has 0 aliphatic carbocycles. The molecule has 0 atom stereocenters. The molecule has 6 heteroatoms. The van der Waals surface area contributed by atoms with Crippen molar-refractivity contribution in [2.75, 3.05) is 25.5 Å². The van der Waals surface area contributed by atoms with Crippen molar-refractivity contribution in [2.45, 2.75) is 13.3 Å². The lowest BCUT2D eigenvalue weighted by Crippen LogP contribution is -2.06. The molecule has 1 aliphatic heterocycles. The molecule has 1 heterocycles. The first kappa shape index (κ1) is 12.5. The van der Waals surface area contributed by atoms with E-state index in [1.54, 1.807) is 13.1 Å². The SMILES string of the molecule is C1=NCCOC1.CCCS(=O)(=O)O. The molecular weight excluding hydrogens is 194 g/mol. The molecule has 1 aliphatic rings. The molecule has 0 spiro atoms. The van der Waals surface area contributed by atoms with E-state index >= 15 is 0 Å². The van der Waals surface area contributed by atoms with E-state index in [9.17, 15) is 8.42 Å². The third-order valence-corrected chi connectivity index (χ3v) is 2.07. The summed E-state index contributed by atoms with van der Waals surface area (Å²) in [6, 6.07) is 0. The highest BCUT2D eigenvalue weighted by molar-refractivity contribution is 7.85. The van der Waals surface area contributed by atoms with Gasteiger partial charge in [0.15, 0.2) is 0 Å². The fourth-order valence-corrected chi connectivity index (χ4v) is 1.17. The molecule has 1 N–H and O–H groups in total. The first-order valence-electron chi connectivity index (χ1n) is 4.07. The third kappa shape index (κ3) is 11.5. The van der Waals surface area contributed by atoms with E-state index < -0.39 is 10.1 Å². The van der Waals surface area contributed by atoms with Crippen LogP contribution in [0, 0.1) is 0 Å². The van der Waals surface area contributed by atoms with Crippen molar-refractivity contribution in [2.24, 2.45) is 4.99 Å². The molecule has 0 aromatic rings. The van der Waals surface area contributed by atoms with Crippen LogP contribution in [-0.4, -0.2) is 44.7 Å². The highest BCUT2D eigenvalue weighted by Crippen LogP contribution is 1.83. The van der Waals surface area contributed by atoms with Crippen LogP contribution in [0.2, 0.25) is 0 Å².